The number of thioether (sulfide) groups is 1. The van der Waals surface area contributed by atoms with Crippen LogP contribution in [0.15, 0.2) is 310 Å². The number of fused-ring (bicyclic) bond motifs is 1. The zero-order valence-corrected chi connectivity index (χ0v) is 85.0. The van der Waals surface area contributed by atoms with Gasteiger partial charge in [-0.2, -0.15) is 0 Å². The SMILES string of the molecule is CCC(=O)CN=Cc1ccc(O)c(O)c1.CCc1ccc(Oc2c(C)oc3cc(O)c(CC)cc3c2=O)cc1.Cc1ccc(C(=O)Cc2c[nH]c(=O)[nH]c2=O)cc1C.Cc1ccc(C(C)(C)c2ccc(O)c(CO)c2)cc1CO.Cc1ccc(OCC(=O)c2cc(C)c(O)cc2O)cc1.O=C(CSc1ncccn1)c1ccc(O)c(O)c1.O=C(Cc1c[nH]c(=O)[nH]c1=O)c1cccs1.OC1=CC=C(O)C1=CCc1ccccc1O. The number of aromatic hydroxyl groups is 9. The van der Waals surface area contributed by atoms with Crippen molar-refractivity contribution in [2.75, 3.05) is 18.9 Å². The maximum Gasteiger partial charge on any atom is 0.325 e. The lowest BCUT2D eigenvalue weighted by Crippen LogP contribution is -2.26. The van der Waals surface area contributed by atoms with Crippen molar-refractivity contribution >= 4 is 69.2 Å². The Hall–Kier alpha value is -17.5. The molecule has 0 radical (unpaired) electrons. The van der Waals surface area contributed by atoms with E-state index in [-0.39, 0.29) is 170 Å². The van der Waals surface area contributed by atoms with E-state index in [0.29, 0.717) is 96.5 Å². The van der Waals surface area contributed by atoms with E-state index in [1.807, 2.05) is 107 Å². The largest absolute Gasteiger partial charge is 0.508 e. The number of rotatable bonds is 28. The van der Waals surface area contributed by atoms with Crippen LogP contribution in [0.1, 0.15) is 171 Å². The second kappa shape index (κ2) is 55.5. The fraction of sp³-hybridized carbons (Fsp3) is 0.202. The lowest BCUT2D eigenvalue weighted by Gasteiger charge is -2.27. The number of nitrogens with zero attached hydrogens (tertiary/aromatic N) is 3. The lowest BCUT2D eigenvalue weighted by atomic mass is 9.77. The van der Waals surface area contributed by atoms with Crippen molar-refractivity contribution in [1.82, 2.24) is 29.9 Å². The number of aliphatic hydroxyl groups excluding tert-OH is 4. The molecule has 0 saturated heterocycles. The summed E-state index contributed by atoms with van der Waals surface area (Å²) in [6, 6.07) is 58.1. The smallest absolute Gasteiger partial charge is 0.325 e. The van der Waals surface area contributed by atoms with Crippen LogP contribution in [-0.2, 0) is 55.5 Å². The summed E-state index contributed by atoms with van der Waals surface area (Å²) in [5.74, 6) is 0.559. The van der Waals surface area contributed by atoms with E-state index in [2.05, 4.69) is 61.7 Å². The maximum absolute atomic E-state index is 12.8. The number of ketones is 5. The second-order valence-electron chi connectivity index (χ2n) is 34.1. The monoisotopic (exact) mass is 2060 g/mol. The van der Waals surface area contributed by atoms with Gasteiger partial charge in [-0.1, -0.05) is 143 Å². The van der Waals surface area contributed by atoms with Crippen molar-refractivity contribution in [2.24, 2.45) is 4.99 Å². The molecule has 149 heavy (non-hydrogen) atoms. The molecule has 5 aromatic heterocycles. The molecule has 0 saturated carbocycles. The van der Waals surface area contributed by atoms with Crippen molar-refractivity contribution in [3.05, 3.63) is 434 Å². The average Bonchev–Trinajstić information content (AvgIpc) is 1.16. The van der Waals surface area contributed by atoms with Gasteiger partial charge in [0.15, 0.2) is 57.9 Å². The third kappa shape index (κ3) is 34.0. The number of aliphatic imine (C=N–C) groups is 1. The number of aryl methyl sites for hydroxylation is 8. The minimum Gasteiger partial charge on any atom is -0.508 e. The molecule has 10 aromatic carbocycles. The molecule has 0 aliphatic heterocycles. The number of H-pyrrole nitrogens is 4. The maximum atomic E-state index is 12.8. The van der Waals surface area contributed by atoms with Gasteiger partial charge in [0.05, 0.1) is 46.9 Å². The number of aromatic amines is 4. The second-order valence-corrected chi connectivity index (χ2v) is 36.0. The Bertz CT molecular complexity index is 7620. The van der Waals surface area contributed by atoms with Crippen LogP contribution in [-0.4, -0.2) is 150 Å². The summed E-state index contributed by atoms with van der Waals surface area (Å²) in [5.41, 5.74) is 11.3. The van der Waals surface area contributed by atoms with Crippen LogP contribution in [0.2, 0.25) is 0 Å². The standard InChI is InChI=1S/C20H20O4.C18H22O3.C16H16O4.C14H14N2O3.C13H12O3.C12H10N2O3S.C11H13NO3.C10H8N2O3S/c1-4-13-6-8-15(9-7-13)24-20-12(3)23-18-11-17(21)14(5-2)10-16(18)19(20)22;1-12-4-5-15(8-13(12)10-19)18(2,3)16-6-7-17(21)14(9-16)11-20;1-10-3-5-12(6-4-10)20-9-16(19)13-7-11(2)14(17)8-15(13)18;1-8-3-4-10(5-9(8)2)12(17)6-11-7-15-14(19)16-13(11)18;14-11-4-2-1-3-9(11)5-6-10-12(15)7-8-13(10)16;15-9-3-2-8(6-10(9)16)11(17)7-18-12-13-4-1-5-14-12;1-2-9(13)7-12-6-8-3-4-10(14)11(15)5-8;13-7(8-2-1-3-16-8)4-6-5-11-10(15)12-9(6)14/h6-11,21H,4-5H2,1-3H3;4-9,19-21H,10-11H2,1-3H3;3-8,17-18H,9H2,1-2H3;3-5,7H,6H2,1-2H3,(H2,15,16,18,19);1-4,6-8,14-16H,5H2;1-6,15-16H,7H2;3-6,14-15H,2,7H2,1H3;1-3,5H,4H2,(H2,11,12,14,15). The van der Waals surface area contributed by atoms with E-state index < -0.39 is 22.5 Å². The number of aromatic nitrogens is 6. The van der Waals surface area contributed by atoms with E-state index in [4.69, 9.17) is 24.1 Å². The van der Waals surface area contributed by atoms with Crippen LogP contribution in [0.4, 0.5) is 0 Å². The number of carbonyl (C=O) groups excluding carboxylic acids is 5. The van der Waals surface area contributed by atoms with Gasteiger partial charge in [0.25, 0.3) is 11.1 Å². The van der Waals surface area contributed by atoms with Gasteiger partial charge in [0.1, 0.15) is 63.1 Å². The van der Waals surface area contributed by atoms with Gasteiger partial charge in [-0.25, -0.2) is 19.6 Å². The number of carbonyl (C=O) groups is 5. The Labute approximate surface area is 864 Å². The van der Waals surface area contributed by atoms with Gasteiger partial charge >= 0.3 is 11.4 Å². The molecule has 15 aromatic rings. The van der Waals surface area contributed by atoms with Crippen molar-refractivity contribution in [3.63, 3.8) is 0 Å². The summed E-state index contributed by atoms with van der Waals surface area (Å²) in [6.07, 6.45) is 14.3. The van der Waals surface area contributed by atoms with Crippen molar-refractivity contribution in [3.8, 4) is 69.0 Å². The molecular formula is C114H115N7O26S2. The molecule has 17 N–H and O–H groups in total. The number of hydrogen-bond acceptors (Lipinski definition) is 31. The average molecular weight is 2060 g/mol. The number of aliphatic hydroxyl groups is 4. The number of Topliss-reactive ketones (excluding diaryl/α,β-unsaturated/α-hetero) is 5. The summed E-state index contributed by atoms with van der Waals surface area (Å²) in [6.45, 7) is 21.0. The van der Waals surface area contributed by atoms with Crippen LogP contribution in [0.5, 0.6) is 69.0 Å². The zero-order valence-electron chi connectivity index (χ0n) is 83.4. The van der Waals surface area contributed by atoms with Gasteiger partial charge in [-0.05, 0) is 249 Å². The van der Waals surface area contributed by atoms with Crippen LogP contribution >= 0.6 is 23.1 Å². The number of benzene rings is 10. The topological polar surface area (TPSA) is 567 Å². The van der Waals surface area contributed by atoms with Crippen LogP contribution in [0, 0.1) is 41.5 Å². The lowest BCUT2D eigenvalue weighted by molar-refractivity contribution is -0.117. The molecule has 1 aliphatic rings. The zero-order chi connectivity index (χ0) is 109. The van der Waals surface area contributed by atoms with E-state index in [9.17, 15) is 104 Å². The summed E-state index contributed by atoms with van der Waals surface area (Å²) in [7, 11) is 0. The molecule has 1 aliphatic carbocycles. The van der Waals surface area contributed by atoms with Crippen molar-refractivity contribution in [2.45, 2.75) is 138 Å². The normalized spacial score (nSPS) is 11.1. The van der Waals surface area contributed by atoms with E-state index in [0.717, 1.165) is 57.0 Å². The first-order chi connectivity index (χ1) is 71.0. The number of nitrogens with one attached hydrogen (secondary N) is 4. The van der Waals surface area contributed by atoms with E-state index in [1.54, 1.807) is 123 Å². The Kier molecular flexibility index (Phi) is 42.9. The molecule has 774 valence electrons. The minimum atomic E-state index is -0.577. The first-order valence-corrected chi connectivity index (χ1v) is 48.4. The molecule has 0 unspecified atom stereocenters. The number of hydrogen-bond donors (Lipinski definition) is 17. The molecule has 35 heteroatoms. The highest BCUT2D eigenvalue weighted by Gasteiger charge is 2.26. The molecule has 0 fully saturated rings. The van der Waals surface area contributed by atoms with Gasteiger partial charge in [0.2, 0.25) is 17.0 Å². The number of thiophene rings is 1. The van der Waals surface area contributed by atoms with Gasteiger partial charge in [0, 0.05) is 95.6 Å². The third-order valence-corrected chi connectivity index (χ3v) is 24.8. The quantitative estimate of drug-likeness (QED) is 0.00712. The Balaban J connectivity index is 0.000000190. The van der Waals surface area contributed by atoms with Crippen LogP contribution in [0.3, 0.4) is 0 Å². The minimum absolute atomic E-state index is 0.00731. The molecule has 5 heterocycles. The van der Waals surface area contributed by atoms with E-state index >= 15 is 0 Å². The van der Waals surface area contributed by atoms with Crippen LogP contribution < -0.4 is 37.4 Å². The van der Waals surface area contributed by atoms with Crippen LogP contribution in [0.25, 0.3) is 11.0 Å². The molecule has 0 bridgehead atoms. The number of phenols is 9. The number of phenolic OH excluding ortho intramolecular Hbond substituents is 8. The predicted octanol–water partition coefficient (Wildman–Crippen LogP) is 18.5. The predicted molar refractivity (Wildman–Crippen MR) is 570 cm³/mol. The van der Waals surface area contributed by atoms with E-state index in [1.165, 1.54) is 102 Å². The molecule has 16 rings (SSSR count). The first kappa shape index (κ1) is 115. The fourth-order valence-corrected chi connectivity index (χ4v) is 15.2. The van der Waals surface area contributed by atoms with Gasteiger partial charge in [-0.15, -0.1) is 11.3 Å². The fourth-order valence-electron chi connectivity index (χ4n) is 13.8. The highest BCUT2D eigenvalue weighted by molar-refractivity contribution is 7.99. The summed E-state index contributed by atoms with van der Waals surface area (Å²) in [4.78, 5) is 137. The van der Waals surface area contributed by atoms with Crippen molar-refractivity contribution < 1.29 is 104 Å². The highest BCUT2D eigenvalue weighted by atomic mass is 32.2. The third-order valence-electron chi connectivity index (χ3n) is 23.0. The first-order valence-electron chi connectivity index (χ1n) is 46.5. The molecule has 33 nitrogen and oxygen atoms in total. The Morgan fingerprint density at radius 1 is 0.490 bits per heavy atom. The van der Waals surface area contributed by atoms with Crippen molar-refractivity contribution in [1.29, 1.82) is 0 Å². The number of ether oxygens (including phenoxy) is 2. The Morgan fingerprint density at radius 3 is 1.65 bits per heavy atom. The Morgan fingerprint density at radius 2 is 1.07 bits per heavy atom. The highest BCUT2D eigenvalue weighted by Crippen LogP contribution is 2.37. The number of allylic oxidation sites excluding steroid dienone is 3. The van der Waals surface area contributed by atoms with Gasteiger partial charge < -0.3 is 90.2 Å². The summed E-state index contributed by atoms with van der Waals surface area (Å²) in [5, 5.41) is 125. The summed E-state index contributed by atoms with van der Waals surface area (Å²) >= 11 is 2.54. The molecule has 0 atom stereocenters. The molecule has 0 amide bonds. The molecule has 0 spiro atoms. The number of para-hydroxylation sites is 1. The summed E-state index contributed by atoms with van der Waals surface area (Å²) < 4.78 is 16.8. The molecular weight excluding hydrogens is 1950 g/mol. The van der Waals surface area contributed by atoms with Gasteiger partial charge in [-0.3, -0.25) is 53.3 Å².